The number of phosphoric ester groups is 1. The van der Waals surface area contributed by atoms with Crippen LogP contribution in [0.5, 0.6) is 0 Å². The van der Waals surface area contributed by atoms with Crippen LogP contribution in [-0.2, 0) is 35.1 Å². The molecule has 0 bridgehead atoms. The number of hydrogen-bond donors (Lipinski definition) is 4. The number of nitrogens with two attached hydrogens (primary N) is 1. The molecule has 0 saturated carbocycles. The van der Waals surface area contributed by atoms with Crippen LogP contribution < -0.4 is 5.73 Å². The summed E-state index contributed by atoms with van der Waals surface area (Å²) >= 11 is 0. The summed E-state index contributed by atoms with van der Waals surface area (Å²) in [6, 6.07) is 10.5. The van der Waals surface area contributed by atoms with Crippen molar-refractivity contribution in [2.24, 2.45) is 0 Å². The van der Waals surface area contributed by atoms with Crippen LogP contribution in [0.2, 0.25) is 0 Å². The Bertz CT molecular complexity index is 1790. The van der Waals surface area contributed by atoms with E-state index in [0.717, 1.165) is 38.1 Å². The molecule has 2 aromatic heterocycles. The number of ether oxygens (including phenoxy) is 2. The first-order chi connectivity index (χ1) is 27.0. The van der Waals surface area contributed by atoms with Gasteiger partial charge in [-0.15, -0.1) is 0 Å². The van der Waals surface area contributed by atoms with Gasteiger partial charge in [-0.05, 0) is 42.3 Å². The number of nitrogen functional groups attached to an aromatic ring is 1. The van der Waals surface area contributed by atoms with E-state index in [4.69, 9.17) is 24.3 Å². The molecule has 308 valence electrons. The molecule has 1 saturated heterocycles. The molecule has 4 rings (SSSR count). The summed E-state index contributed by atoms with van der Waals surface area (Å²) in [7, 11) is -4.90. The molecular formula is C40H58FN6O8P. The molecular weight excluding hydrogens is 742 g/mol. The third kappa shape index (κ3) is 13.3. The Morgan fingerprint density at radius 1 is 0.982 bits per heavy atom. The monoisotopic (exact) mass is 800 g/mol. The molecule has 6 atom stereocenters. The van der Waals surface area contributed by atoms with Crippen molar-refractivity contribution in [3.05, 3.63) is 59.3 Å². The first-order valence-electron chi connectivity index (χ1n) is 20.0. The van der Waals surface area contributed by atoms with Crippen molar-refractivity contribution in [1.82, 2.24) is 14.6 Å². The van der Waals surface area contributed by atoms with E-state index in [0.29, 0.717) is 17.7 Å². The number of hydrogen-bond acceptors (Lipinski definition) is 12. The molecule has 1 aromatic carbocycles. The topological polar surface area (TPSA) is 218 Å². The largest absolute Gasteiger partial charge is 0.472 e. The number of unbranched alkanes of at least 4 members (excludes halogenated alkanes) is 15. The second kappa shape index (κ2) is 23.0. The average Bonchev–Trinajstić information content (AvgIpc) is 3.72. The molecule has 1 fully saturated rings. The van der Waals surface area contributed by atoms with Crippen LogP contribution in [0.4, 0.5) is 10.2 Å². The fourth-order valence-electron chi connectivity index (χ4n) is 7.13. The zero-order valence-electron chi connectivity index (χ0n) is 32.4. The summed E-state index contributed by atoms with van der Waals surface area (Å²) in [5.74, 6) is -0.539. The van der Waals surface area contributed by atoms with Crippen LogP contribution in [0.1, 0.15) is 126 Å². The highest BCUT2D eigenvalue weighted by molar-refractivity contribution is 7.47. The molecule has 0 aliphatic carbocycles. The molecule has 0 amide bonds. The number of aliphatic hydroxyl groups excluding tert-OH is 2. The van der Waals surface area contributed by atoms with Crippen molar-refractivity contribution >= 4 is 19.2 Å². The van der Waals surface area contributed by atoms with Gasteiger partial charge in [-0.1, -0.05) is 103 Å². The molecule has 1 aliphatic heterocycles. The minimum absolute atomic E-state index is 0.0509. The Morgan fingerprint density at radius 2 is 1.61 bits per heavy atom. The second-order valence-corrected chi connectivity index (χ2v) is 16.0. The summed E-state index contributed by atoms with van der Waals surface area (Å²) in [6.45, 7) is 1.75. The van der Waals surface area contributed by atoms with Gasteiger partial charge in [-0.3, -0.25) is 9.05 Å². The number of nitrogens with zero attached hydrogens (tertiary/aromatic N) is 5. The lowest BCUT2D eigenvalue weighted by atomic mass is 9.92. The standard InChI is InChI=1S/C40H58FN6O8P/c1-2-3-4-5-6-7-8-9-10-11-12-13-14-15-16-17-20-52-26-33(24-30-21-31(25-42)23-32(41)22-30)55-56(50,51)53-27-35-37(48)38(49)40(28-43,54-35)36-19-18-34-39(44)45-29-46-47(34)36/h18-19,21-23,29,33,35,37-38,48-49H,2-17,20,24,26-27H2,1H3,(H,50,51)(H2,44,45,46)/t33-,35+,37+,38+,40-/m0/s1. The Labute approximate surface area is 329 Å². The summed E-state index contributed by atoms with van der Waals surface area (Å²) in [6.07, 6.45) is 14.9. The lowest BCUT2D eigenvalue weighted by Gasteiger charge is -2.24. The Morgan fingerprint density at radius 3 is 2.21 bits per heavy atom. The van der Waals surface area contributed by atoms with E-state index in [9.17, 15) is 34.6 Å². The normalized spacial score (nSPS) is 21.2. The lowest BCUT2D eigenvalue weighted by molar-refractivity contribution is -0.0661. The SMILES string of the molecule is CCCCCCCCCCCCCCCCCCOC[C@H](Cc1cc(F)cc(C#N)c1)OP(=O)(O)OC[C@H]1O[C@@](C#N)(c2ccc3c(N)ncnn23)[C@H](O)[C@@H]1O. The summed E-state index contributed by atoms with van der Waals surface area (Å²) in [5.41, 5.74) is 4.57. The number of aliphatic hydroxyl groups is 2. The number of aromatic nitrogens is 3. The number of anilines is 1. The van der Waals surface area contributed by atoms with E-state index >= 15 is 0 Å². The molecule has 1 aliphatic rings. The van der Waals surface area contributed by atoms with Crippen LogP contribution in [0, 0.1) is 28.5 Å². The summed E-state index contributed by atoms with van der Waals surface area (Å²) in [5, 5.41) is 45.4. The van der Waals surface area contributed by atoms with Gasteiger partial charge < -0.3 is 30.3 Å². The summed E-state index contributed by atoms with van der Waals surface area (Å²) in [4.78, 5) is 14.7. The van der Waals surface area contributed by atoms with E-state index in [2.05, 4.69) is 17.0 Å². The number of nitriles is 2. The maximum Gasteiger partial charge on any atom is 0.472 e. The summed E-state index contributed by atoms with van der Waals surface area (Å²) < 4.78 is 51.1. The minimum Gasteiger partial charge on any atom is -0.387 e. The molecule has 16 heteroatoms. The van der Waals surface area contributed by atoms with Crippen LogP contribution in [-0.4, -0.2) is 73.9 Å². The quantitative estimate of drug-likeness (QED) is 0.0444. The van der Waals surface area contributed by atoms with E-state index < -0.39 is 50.3 Å². The number of halogens is 1. The Hall–Kier alpha value is -3.50. The van der Waals surface area contributed by atoms with Gasteiger partial charge in [0, 0.05) is 13.0 Å². The second-order valence-electron chi connectivity index (χ2n) is 14.6. The smallest absolute Gasteiger partial charge is 0.387 e. The van der Waals surface area contributed by atoms with Crippen LogP contribution in [0.3, 0.4) is 0 Å². The van der Waals surface area contributed by atoms with Crippen molar-refractivity contribution < 1.29 is 42.6 Å². The Balaban J connectivity index is 1.23. The number of benzene rings is 1. The van der Waals surface area contributed by atoms with E-state index in [-0.39, 0.29) is 30.1 Å². The van der Waals surface area contributed by atoms with Gasteiger partial charge in [0.1, 0.15) is 42.0 Å². The first-order valence-corrected chi connectivity index (χ1v) is 21.5. The maximum atomic E-state index is 14.2. The molecule has 56 heavy (non-hydrogen) atoms. The van der Waals surface area contributed by atoms with Gasteiger partial charge in [-0.25, -0.2) is 18.5 Å². The molecule has 0 spiro atoms. The van der Waals surface area contributed by atoms with E-state index in [1.54, 1.807) is 0 Å². The van der Waals surface area contributed by atoms with Crippen molar-refractivity contribution in [3.8, 4) is 12.1 Å². The fraction of sp³-hybridized carbons (Fsp3) is 0.650. The zero-order chi connectivity index (χ0) is 40.4. The van der Waals surface area contributed by atoms with Crippen molar-refractivity contribution in [2.75, 3.05) is 25.6 Å². The van der Waals surface area contributed by atoms with Gasteiger partial charge >= 0.3 is 7.82 Å². The van der Waals surface area contributed by atoms with Crippen LogP contribution in [0.15, 0.2) is 36.7 Å². The number of fused-ring (bicyclic) bond motifs is 1. The van der Waals surface area contributed by atoms with Crippen molar-refractivity contribution in [1.29, 1.82) is 10.5 Å². The van der Waals surface area contributed by atoms with Crippen LogP contribution in [0.25, 0.3) is 5.52 Å². The molecule has 14 nitrogen and oxygen atoms in total. The highest BCUT2D eigenvalue weighted by Gasteiger charge is 2.58. The Kier molecular flexibility index (Phi) is 18.6. The van der Waals surface area contributed by atoms with Gasteiger partial charge in [0.15, 0.2) is 5.82 Å². The van der Waals surface area contributed by atoms with Crippen LogP contribution >= 0.6 is 7.82 Å². The predicted molar refractivity (Wildman–Crippen MR) is 207 cm³/mol. The van der Waals surface area contributed by atoms with E-state index in [1.165, 1.54) is 106 Å². The predicted octanol–water partition coefficient (Wildman–Crippen LogP) is 7.18. The lowest BCUT2D eigenvalue weighted by Crippen LogP contribution is -2.41. The fourth-order valence-corrected chi connectivity index (χ4v) is 8.03. The molecule has 0 radical (unpaired) electrons. The van der Waals surface area contributed by atoms with Gasteiger partial charge in [0.05, 0.1) is 36.6 Å². The highest BCUT2D eigenvalue weighted by atomic mass is 31.2. The molecule has 3 aromatic rings. The maximum absolute atomic E-state index is 14.2. The average molecular weight is 801 g/mol. The van der Waals surface area contributed by atoms with Gasteiger partial charge in [0.25, 0.3) is 0 Å². The first kappa shape index (κ1) is 45.2. The highest BCUT2D eigenvalue weighted by Crippen LogP contribution is 2.47. The molecule has 3 heterocycles. The third-order valence-electron chi connectivity index (χ3n) is 10.2. The van der Waals surface area contributed by atoms with Gasteiger partial charge in [-0.2, -0.15) is 15.6 Å². The van der Waals surface area contributed by atoms with Gasteiger partial charge in [0.2, 0.25) is 5.60 Å². The minimum atomic E-state index is -4.90. The molecule has 1 unspecified atom stereocenters. The van der Waals surface area contributed by atoms with E-state index in [1.807, 2.05) is 12.1 Å². The van der Waals surface area contributed by atoms with Crippen molar-refractivity contribution in [2.45, 2.75) is 146 Å². The third-order valence-corrected chi connectivity index (χ3v) is 11.2. The van der Waals surface area contributed by atoms with Crippen molar-refractivity contribution in [3.63, 3.8) is 0 Å². The number of rotatable bonds is 27. The molecule has 5 N–H and O–H groups in total. The zero-order valence-corrected chi connectivity index (χ0v) is 33.3. The number of phosphoric acid groups is 1.